The van der Waals surface area contributed by atoms with E-state index in [1.54, 1.807) is 11.8 Å². The van der Waals surface area contributed by atoms with Crippen molar-refractivity contribution in [3.8, 4) is 0 Å². The fraction of sp³-hybridized carbons (Fsp3) is 0.769. The number of carbonyl (C=O) groups excluding carboxylic acids is 2. The molecule has 112 valence electrons. The largest absolute Gasteiger partial charge is 0.480 e. The SMILES string of the molecule is CC1(C(=O)O)CCCCN1C(=O)N1CCNC(=O)CC1. The first-order valence-electron chi connectivity index (χ1n) is 7.02. The Hall–Kier alpha value is -1.79. The smallest absolute Gasteiger partial charge is 0.329 e. The third-order valence-electron chi connectivity index (χ3n) is 4.17. The van der Waals surface area contributed by atoms with Gasteiger partial charge in [-0.1, -0.05) is 0 Å². The predicted molar refractivity (Wildman–Crippen MR) is 71.2 cm³/mol. The Labute approximate surface area is 117 Å². The molecular formula is C13H21N3O4. The summed E-state index contributed by atoms with van der Waals surface area (Å²) in [6, 6.07) is -0.272. The van der Waals surface area contributed by atoms with Crippen molar-refractivity contribution in [1.29, 1.82) is 0 Å². The number of likely N-dealkylation sites (tertiary alicyclic amines) is 1. The summed E-state index contributed by atoms with van der Waals surface area (Å²) < 4.78 is 0. The lowest BCUT2D eigenvalue weighted by Crippen LogP contribution is -2.60. The number of nitrogens with one attached hydrogen (secondary N) is 1. The van der Waals surface area contributed by atoms with Gasteiger partial charge in [-0.05, 0) is 26.2 Å². The summed E-state index contributed by atoms with van der Waals surface area (Å²) >= 11 is 0. The molecule has 0 bridgehead atoms. The second-order valence-electron chi connectivity index (χ2n) is 5.56. The van der Waals surface area contributed by atoms with Gasteiger partial charge in [-0.3, -0.25) is 4.79 Å². The Morgan fingerprint density at radius 3 is 2.70 bits per heavy atom. The van der Waals surface area contributed by atoms with Crippen LogP contribution < -0.4 is 5.32 Å². The number of piperidine rings is 1. The molecule has 0 aromatic carbocycles. The van der Waals surface area contributed by atoms with Crippen molar-refractivity contribution >= 4 is 17.9 Å². The van der Waals surface area contributed by atoms with Gasteiger partial charge in [-0.15, -0.1) is 0 Å². The van der Waals surface area contributed by atoms with E-state index in [9.17, 15) is 19.5 Å². The lowest BCUT2D eigenvalue weighted by Gasteiger charge is -2.43. The maximum Gasteiger partial charge on any atom is 0.329 e. The highest BCUT2D eigenvalue weighted by Crippen LogP contribution is 2.29. The maximum absolute atomic E-state index is 12.6. The van der Waals surface area contributed by atoms with E-state index in [0.717, 1.165) is 12.8 Å². The van der Waals surface area contributed by atoms with Crippen molar-refractivity contribution in [3.05, 3.63) is 0 Å². The second kappa shape index (κ2) is 5.68. The van der Waals surface area contributed by atoms with E-state index in [1.165, 1.54) is 4.90 Å². The van der Waals surface area contributed by atoms with Crippen LogP contribution in [0.2, 0.25) is 0 Å². The summed E-state index contributed by atoms with van der Waals surface area (Å²) in [5.74, 6) is -1.03. The Morgan fingerprint density at radius 2 is 2.00 bits per heavy atom. The molecule has 0 aromatic heterocycles. The molecule has 2 rings (SSSR count). The van der Waals surface area contributed by atoms with Gasteiger partial charge in [0.15, 0.2) is 0 Å². The van der Waals surface area contributed by atoms with E-state index in [4.69, 9.17) is 0 Å². The molecule has 0 spiro atoms. The van der Waals surface area contributed by atoms with Crippen LogP contribution in [0.15, 0.2) is 0 Å². The number of amides is 3. The second-order valence-corrected chi connectivity index (χ2v) is 5.56. The molecule has 2 aliphatic rings. The zero-order valence-corrected chi connectivity index (χ0v) is 11.7. The van der Waals surface area contributed by atoms with Crippen LogP contribution in [0.1, 0.15) is 32.6 Å². The predicted octanol–water partition coefficient (Wildman–Crippen LogP) is 0.258. The molecule has 1 atom stereocenters. The van der Waals surface area contributed by atoms with Gasteiger partial charge >= 0.3 is 12.0 Å². The highest BCUT2D eigenvalue weighted by atomic mass is 16.4. The maximum atomic E-state index is 12.6. The molecule has 2 N–H and O–H groups in total. The fourth-order valence-corrected chi connectivity index (χ4v) is 2.78. The number of nitrogens with zero attached hydrogens (tertiary/aromatic N) is 2. The number of carboxylic acids is 1. The van der Waals surface area contributed by atoms with Crippen LogP contribution in [-0.4, -0.2) is 64.5 Å². The number of hydrogen-bond acceptors (Lipinski definition) is 3. The minimum Gasteiger partial charge on any atom is -0.480 e. The van der Waals surface area contributed by atoms with E-state index in [-0.39, 0.29) is 18.4 Å². The van der Waals surface area contributed by atoms with E-state index >= 15 is 0 Å². The molecule has 0 saturated carbocycles. The quantitative estimate of drug-likeness (QED) is 0.722. The van der Waals surface area contributed by atoms with Crippen LogP contribution in [0.25, 0.3) is 0 Å². The first-order chi connectivity index (χ1) is 9.45. The monoisotopic (exact) mass is 283 g/mol. The molecule has 0 aromatic rings. The van der Waals surface area contributed by atoms with Gasteiger partial charge in [0.25, 0.3) is 0 Å². The van der Waals surface area contributed by atoms with Crippen LogP contribution in [-0.2, 0) is 9.59 Å². The molecule has 3 amide bonds. The Balaban J connectivity index is 2.13. The number of urea groups is 1. The molecule has 2 aliphatic heterocycles. The van der Waals surface area contributed by atoms with Crippen molar-refractivity contribution in [2.75, 3.05) is 26.2 Å². The molecule has 20 heavy (non-hydrogen) atoms. The summed E-state index contributed by atoms with van der Waals surface area (Å²) in [6.45, 7) is 3.25. The average molecular weight is 283 g/mol. The van der Waals surface area contributed by atoms with E-state index in [2.05, 4.69) is 5.32 Å². The van der Waals surface area contributed by atoms with Gasteiger partial charge in [0.2, 0.25) is 5.91 Å². The Morgan fingerprint density at radius 1 is 1.25 bits per heavy atom. The normalized spacial score (nSPS) is 27.8. The number of carbonyl (C=O) groups is 3. The summed E-state index contributed by atoms with van der Waals surface area (Å²) in [6.07, 6.45) is 2.37. The zero-order valence-electron chi connectivity index (χ0n) is 11.7. The number of rotatable bonds is 1. The van der Waals surface area contributed by atoms with Gasteiger partial charge in [0.05, 0.1) is 0 Å². The number of hydrogen-bond donors (Lipinski definition) is 2. The molecule has 7 heteroatoms. The van der Waals surface area contributed by atoms with Gasteiger partial charge in [-0.2, -0.15) is 0 Å². The Bertz CT molecular complexity index is 426. The molecule has 0 radical (unpaired) electrons. The van der Waals surface area contributed by atoms with Gasteiger partial charge in [0.1, 0.15) is 5.54 Å². The molecule has 1 unspecified atom stereocenters. The Kier molecular flexibility index (Phi) is 4.15. The summed E-state index contributed by atoms with van der Waals surface area (Å²) in [7, 11) is 0. The third kappa shape index (κ3) is 2.71. The molecule has 2 saturated heterocycles. The van der Waals surface area contributed by atoms with Crippen LogP contribution in [0.4, 0.5) is 4.79 Å². The first-order valence-corrected chi connectivity index (χ1v) is 7.02. The zero-order chi connectivity index (χ0) is 14.8. The summed E-state index contributed by atoms with van der Waals surface area (Å²) in [4.78, 5) is 38.4. The van der Waals surface area contributed by atoms with Crippen molar-refractivity contribution in [3.63, 3.8) is 0 Å². The molecule has 7 nitrogen and oxygen atoms in total. The topological polar surface area (TPSA) is 89.9 Å². The minimum absolute atomic E-state index is 0.0695. The average Bonchev–Trinajstić information content (AvgIpc) is 2.63. The van der Waals surface area contributed by atoms with E-state index in [1.807, 2.05) is 0 Å². The van der Waals surface area contributed by atoms with Gasteiger partial charge in [0, 0.05) is 32.6 Å². The fourth-order valence-electron chi connectivity index (χ4n) is 2.78. The summed E-state index contributed by atoms with van der Waals surface area (Å²) in [5, 5.41) is 12.1. The van der Waals surface area contributed by atoms with Crippen molar-refractivity contribution in [2.45, 2.75) is 38.1 Å². The summed E-state index contributed by atoms with van der Waals surface area (Å²) in [5.41, 5.74) is -1.14. The van der Waals surface area contributed by atoms with E-state index in [0.29, 0.717) is 32.6 Å². The van der Waals surface area contributed by atoms with Crippen molar-refractivity contribution in [2.24, 2.45) is 0 Å². The minimum atomic E-state index is -1.14. The van der Waals surface area contributed by atoms with Crippen LogP contribution in [0.3, 0.4) is 0 Å². The third-order valence-corrected chi connectivity index (χ3v) is 4.17. The van der Waals surface area contributed by atoms with Crippen molar-refractivity contribution in [1.82, 2.24) is 15.1 Å². The highest BCUT2D eigenvalue weighted by molar-refractivity contribution is 5.86. The van der Waals surface area contributed by atoms with Crippen molar-refractivity contribution < 1.29 is 19.5 Å². The van der Waals surface area contributed by atoms with Gasteiger partial charge in [-0.25, -0.2) is 9.59 Å². The molecule has 2 heterocycles. The van der Waals surface area contributed by atoms with Crippen LogP contribution in [0, 0.1) is 0 Å². The number of aliphatic carboxylic acids is 1. The number of carboxylic acid groups (broad SMARTS) is 1. The van der Waals surface area contributed by atoms with Crippen LogP contribution in [0.5, 0.6) is 0 Å². The van der Waals surface area contributed by atoms with Gasteiger partial charge < -0.3 is 20.2 Å². The first kappa shape index (κ1) is 14.6. The molecular weight excluding hydrogens is 262 g/mol. The lowest BCUT2D eigenvalue weighted by molar-refractivity contribution is -0.150. The van der Waals surface area contributed by atoms with Crippen LogP contribution >= 0.6 is 0 Å². The highest BCUT2D eigenvalue weighted by Gasteiger charge is 2.45. The molecule has 2 fully saturated rings. The van der Waals surface area contributed by atoms with E-state index < -0.39 is 11.5 Å². The standard InChI is InChI=1S/C13H21N3O4/c1-13(11(18)19)5-2-3-7-16(13)12(20)15-8-4-10(17)14-6-9-15/h2-9H2,1H3,(H,14,17)(H,18,19). The molecule has 0 aliphatic carbocycles. The lowest BCUT2D eigenvalue weighted by atomic mass is 9.89.